The average Bonchev–Trinajstić information content (AvgIpc) is 2.78. The first-order valence-electron chi connectivity index (χ1n) is 14.3. The van der Waals surface area contributed by atoms with E-state index < -0.39 is 0 Å². The van der Waals surface area contributed by atoms with Gasteiger partial charge in [0, 0.05) is 12.8 Å². The normalized spacial score (nSPS) is 12.8. The lowest BCUT2D eigenvalue weighted by Crippen LogP contribution is -2.41. The van der Waals surface area contributed by atoms with Gasteiger partial charge in [-0.2, -0.15) is 0 Å². The molecule has 0 saturated carbocycles. The van der Waals surface area contributed by atoms with Crippen LogP contribution in [0.5, 0.6) is 11.5 Å². The minimum absolute atomic E-state index is 0.208. The molecule has 2 aromatic rings. The highest BCUT2D eigenvalue weighted by atomic mass is 16.3. The summed E-state index contributed by atoms with van der Waals surface area (Å²) in [6.07, 6.45) is 1.40. The van der Waals surface area contributed by atoms with Crippen molar-refractivity contribution in [1.82, 2.24) is 10.9 Å². The number of phenols is 2. The number of rotatable bonds is 6. The van der Waals surface area contributed by atoms with Gasteiger partial charge >= 0.3 is 0 Å². The second kappa shape index (κ2) is 11.8. The van der Waals surface area contributed by atoms with Crippen LogP contribution >= 0.6 is 0 Å². The fourth-order valence-electron chi connectivity index (χ4n) is 4.74. The zero-order valence-electron chi connectivity index (χ0n) is 26.8. The fourth-order valence-corrected chi connectivity index (χ4v) is 4.74. The number of aryl methyl sites for hydroxylation is 2. The molecule has 6 nitrogen and oxygen atoms in total. The van der Waals surface area contributed by atoms with Crippen molar-refractivity contribution in [1.29, 1.82) is 0 Å². The summed E-state index contributed by atoms with van der Waals surface area (Å²) >= 11 is 0. The zero-order valence-corrected chi connectivity index (χ0v) is 26.8. The summed E-state index contributed by atoms with van der Waals surface area (Å²) in [5.41, 5.74) is 9.53. The molecule has 0 aliphatic heterocycles. The quantitative estimate of drug-likeness (QED) is 0.290. The predicted octanol–water partition coefficient (Wildman–Crippen LogP) is 7.00. The molecule has 0 atom stereocenters. The number of hydrogen-bond acceptors (Lipinski definition) is 4. The number of benzene rings is 2. The van der Waals surface area contributed by atoms with Crippen molar-refractivity contribution in [2.75, 3.05) is 0 Å². The Morgan fingerprint density at radius 1 is 0.525 bits per heavy atom. The first-order valence-corrected chi connectivity index (χ1v) is 14.3. The van der Waals surface area contributed by atoms with Crippen molar-refractivity contribution in [2.45, 2.75) is 130 Å². The van der Waals surface area contributed by atoms with Gasteiger partial charge in [-0.1, -0.05) is 107 Å². The maximum Gasteiger partial charge on any atom is 0.238 e. The topological polar surface area (TPSA) is 98.7 Å². The van der Waals surface area contributed by atoms with Crippen LogP contribution < -0.4 is 10.9 Å². The van der Waals surface area contributed by atoms with Gasteiger partial charge in [0.2, 0.25) is 11.8 Å². The van der Waals surface area contributed by atoms with Crippen molar-refractivity contribution in [3.05, 3.63) is 57.6 Å². The number of phenolic OH excluding ortho intramolecular Hbond substituents is 2. The summed E-state index contributed by atoms with van der Waals surface area (Å²) < 4.78 is 0. The van der Waals surface area contributed by atoms with Gasteiger partial charge in [-0.25, -0.2) is 0 Å². The van der Waals surface area contributed by atoms with Crippen LogP contribution in [0.25, 0.3) is 0 Å². The van der Waals surface area contributed by atoms with Crippen molar-refractivity contribution in [2.24, 2.45) is 0 Å². The van der Waals surface area contributed by atoms with Crippen LogP contribution in [0.4, 0.5) is 0 Å². The Kier molecular flexibility index (Phi) is 9.82. The molecule has 0 fully saturated rings. The molecule has 0 radical (unpaired) electrons. The highest BCUT2D eigenvalue weighted by Gasteiger charge is 2.28. The van der Waals surface area contributed by atoms with Gasteiger partial charge in [-0.3, -0.25) is 20.4 Å². The summed E-state index contributed by atoms with van der Waals surface area (Å²) in [6, 6.07) is 7.91. The summed E-state index contributed by atoms with van der Waals surface area (Å²) in [6.45, 7) is 24.7. The third kappa shape index (κ3) is 8.74. The molecule has 6 heteroatoms. The second-order valence-electron chi connectivity index (χ2n) is 15.2. The predicted molar refractivity (Wildman–Crippen MR) is 164 cm³/mol. The summed E-state index contributed by atoms with van der Waals surface area (Å²) in [5, 5.41) is 21.8. The van der Waals surface area contributed by atoms with Crippen molar-refractivity contribution >= 4 is 11.8 Å². The molecule has 0 unspecified atom stereocenters. The van der Waals surface area contributed by atoms with Crippen LogP contribution in [-0.2, 0) is 44.1 Å². The number of carbonyl (C=O) groups excluding carboxylic acids is 2. The van der Waals surface area contributed by atoms with E-state index in [1.807, 2.05) is 24.3 Å². The lowest BCUT2D eigenvalue weighted by Gasteiger charge is -2.28. The van der Waals surface area contributed by atoms with Gasteiger partial charge in [-0.05, 0) is 67.9 Å². The van der Waals surface area contributed by atoms with Gasteiger partial charge in [0.25, 0.3) is 0 Å². The van der Waals surface area contributed by atoms with E-state index in [1.165, 1.54) is 0 Å². The number of nitrogens with one attached hydrogen (secondary N) is 2. The van der Waals surface area contributed by atoms with Crippen molar-refractivity contribution in [3.8, 4) is 11.5 Å². The Morgan fingerprint density at radius 3 is 0.950 bits per heavy atom. The number of aromatic hydroxyl groups is 2. The van der Waals surface area contributed by atoms with Gasteiger partial charge < -0.3 is 10.2 Å². The molecular weight excluding hydrogens is 500 g/mol. The average molecular weight is 553 g/mol. The summed E-state index contributed by atoms with van der Waals surface area (Å²) in [4.78, 5) is 25.1. The molecule has 222 valence electrons. The molecule has 0 spiro atoms. The van der Waals surface area contributed by atoms with Gasteiger partial charge in [-0.15, -0.1) is 0 Å². The molecule has 0 aromatic heterocycles. The smallest absolute Gasteiger partial charge is 0.238 e. The van der Waals surface area contributed by atoms with Gasteiger partial charge in [0.05, 0.1) is 0 Å². The Hall–Kier alpha value is -3.02. The van der Waals surface area contributed by atoms with E-state index in [4.69, 9.17) is 0 Å². The van der Waals surface area contributed by atoms with E-state index in [-0.39, 0.29) is 46.3 Å². The van der Waals surface area contributed by atoms with E-state index in [1.54, 1.807) is 0 Å². The molecule has 0 heterocycles. The monoisotopic (exact) mass is 552 g/mol. The van der Waals surface area contributed by atoms with Crippen LogP contribution in [0.15, 0.2) is 24.3 Å². The molecule has 0 saturated heterocycles. The highest BCUT2D eigenvalue weighted by Crippen LogP contribution is 2.41. The Balaban J connectivity index is 2.04. The minimum atomic E-state index is -0.272. The molecule has 0 aliphatic rings. The largest absolute Gasteiger partial charge is 0.507 e. The Morgan fingerprint density at radius 2 is 0.750 bits per heavy atom. The van der Waals surface area contributed by atoms with Gasteiger partial charge in [0.1, 0.15) is 11.5 Å². The molecule has 0 aliphatic carbocycles. The van der Waals surface area contributed by atoms with E-state index in [0.29, 0.717) is 24.3 Å². The van der Waals surface area contributed by atoms with E-state index in [9.17, 15) is 19.8 Å². The molecule has 40 heavy (non-hydrogen) atoms. The fraction of sp³-hybridized carbons (Fsp3) is 0.588. The van der Waals surface area contributed by atoms with E-state index in [2.05, 4.69) is 93.9 Å². The van der Waals surface area contributed by atoms with Crippen molar-refractivity contribution < 1.29 is 19.8 Å². The van der Waals surface area contributed by atoms with Crippen LogP contribution in [0.1, 0.15) is 129 Å². The maximum absolute atomic E-state index is 12.6. The lowest BCUT2D eigenvalue weighted by molar-refractivity contribution is -0.128. The van der Waals surface area contributed by atoms with Crippen molar-refractivity contribution in [3.63, 3.8) is 0 Å². The third-order valence-corrected chi connectivity index (χ3v) is 7.19. The van der Waals surface area contributed by atoms with Crippen LogP contribution in [0.2, 0.25) is 0 Å². The van der Waals surface area contributed by atoms with Crippen LogP contribution in [0, 0.1) is 0 Å². The number of hydrogen-bond donors (Lipinski definition) is 4. The van der Waals surface area contributed by atoms with Crippen LogP contribution in [-0.4, -0.2) is 22.0 Å². The van der Waals surface area contributed by atoms with E-state index >= 15 is 0 Å². The molecule has 4 N–H and O–H groups in total. The number of hydrazine groups is 1. The Labute approximate surface area is 241 Å². The number of amides is 2. The van der Waals surface area contributed by atoms with Crippen LogP contribution in [0.3, 0.4) is 0 Å². The molecule has 2 amide bonds. The summed E-state index contributed by atoms with van der Waals surface area (Å²) in [7, 11) is 0. The highest BCUT2D eigenvalue weighted by molar-refractivity contribution is 5.82. The standard InChI is InChI=1S/C34H52N2O4/c1-31(2,3)23-17-21(18-24(29(23)39)32(4,5)6)13-15-27(37)35-36-28(38)16-14-22-19-25(33(7,8)9)30(40)26(20-22)34(10,11)12/h17-20,39-40H,13-16H2,1-12H3,(H,35,37)(H,36,38). The lowest BCUT2D eigenvalue weighted by atomic mass is 9.78. The summed E-state index contributed by atoms with van der Waals surface area (Å²) in [5.74, 6) is 0.0908. The van der Waals surface area contributed by atoms with Gasteiger partial charge in [0.15, 0.2) is 0 Å². The first kappa shape index (κ1) is 33.2. The zero-order chi connectivity index (χ0) is 30.8. The third-order valence-electron chi connectivity index (χ3n) is 7.19. The molecule has 2 rings (SSSR count). The maximum atomic E-state index is 12.6. The molecule has 2 aromatic carbocycles. The molecular formula is C34H52N2O4. The first-order chi connectivity index (χ1) is 18.0. The van der Waals surface area contributed by atoms with E-state index in [0.717, 1.165) is 33.4 Å². The minimum Gasteiger partial charge on any atom is -0.507 e. The SMILES string of the molecule is CC(C)(C)c1cc(CCC(=O)NNC(=O)CCc2cc(C(C)(C)C)c(O)c(C(C)(C)C)c2)cc(C(C)(C)C)c1O. The second-order valence-corrected chi connectivity index (χ2v) is 15.2. The molecule has 0 bridgehead atoms. The Bertz CT molecular complexity index is 1070. The number of carbonyl (C=O) groups is 2.